The smallest absolute Gasteiger partial charge is 0.382 e. The first kappa shape index (κ1) is 14.8. The van der Waals surface area contributed by atoms with Gasteiger partial charge in [-0.3, -0.25) is 10.8 Å². The number of alkyl halides is 3. The van der Waals surface area contributed by atoms with Gasteiger partial charge in [0, 0.05) is 0 Å². The lowest BCUT2D eigenvalue weighted by Gasteiger charge is -2.11. The zero-order valence-electron chi connectivity index (χ0n) is 9.22. The van der Waals surface area contributed by atoms with Crippen LogP contribution in [-0.4, -0.2) is 11.5 Å². The van der Waals surface area contributed by atoms with Crippen LogP contribution in [0.1, 0.15) is 5.56 Å². The molecule has 0 saturated heterocycles. The van der Waals surface area contributed by atoms with Gasteiger partial charge in [0.2, 0.25) is 5.71 Å². The number of nitriles is 1. The molecule has 0 aliphatic heterocycles. The van der Waals surface area contributed by atoms with Crippen LogP contribution in [0.2, 0.25) is 5.02 Å². The Labute approximate surface area is 111 Å². The van der Waals surface area contributed by atoms with Gasteiger partial charge in [0.05, 0.1) is 16.3 Å². The molecule has 0 atom stereocenters. The number of halogens is 4. The Bertz CT molecular complexity index is 574. The van der Waals surface area contributed by atoms with Gasteiger partial charge in [0.25, 0.3) is 0 Å². The maximum atomic E-state index is 12.6. The predicted molar refractivity (Wildman–Crippen MR) is 65.0 cm³/mol. The van der Waals surface area contributed by atoms with E-state index in [1.807, 2.05) is 0 Å². The molecule has 9 heteroatoms. The second-order valence-corrected chi connectivity index (χ2v) is 3.64. The number of nitrogens with zero attached hydrogens (tertiary/aromatic N) is 2. The molecule has 0 bridgehead atoms. The van der Waals surface area contributed by atoms with Crippen molar-refractivity contribution >= 4 is 28.8 Å². The van der Waals surface area contributed by atoms with Gasteiger partial charge in [-0.25, -0.2) is 0 Å². The van der Waals surface area contributed by atoms with E-state index in [1.165, 1.54) is 12.1 Å². The molecule has 4 N–H and O–H groups in total. The van der Waals surface area contributed by atoms with Crippen molar-refractivity contribution in [2.45, 2.75) is 6.18 Å². The summed E-state index contributed by atoms with van der Waals surface area (Å²) in [7, 11) is 0. The quantitative estimate of drug-likeness (QED) is 0.453. The lowest BCUT2D eigenvalue weighted by atomic mass is 10.2. The van der Waals surface area contributed by atoms with E-state index in [2.05, 4.69) is 10.5 Å². The summed E-state index contributed by atoms with van der Waals surface area (Å²) in [5, 5.41) is 18.4. The molecule has 0 fully saturated rings. The number of amidine groups is 1. The summed E-state index contributed by atoms with van der Waals surface area (Å²) in [4.78, 5) is 0. The van der Waals surface area contributed by atoms with E-state index in [0.29, 0.717) is 0 Å². The number of rotatable bonds is 3. The molecule has 1 aromatic rings. The van der Waals surface area contributed by atoms with Crippen LogP contribution in [0.5, 0.6) is 0 Å². The Balaban J connectivity index is 3.12. The maximum absolute atomic E-state index is 12.6. The summed E-state index contributed by atoms with van der Waals surface area (Å²) in [6, 6.07) is 4.70. The van der Waals surface area contributed by atoms with E-state index in [4.69, 9.17) is 28.0 Å². The SMILES string of the molecule is N#C/C(=N\Nc1cccc(C(F)(F)F)c1Cl)C(=N)N. The van der Waals surface area contributed by atoms with Crippen molar-refractivity contribution in [1.29, 1.82) is 10.7 Å². The Morgan fingerprint density at radius 3 is 2.58 bits per heavy atom. The standard InChI is InChI=1S/C10H7ClF3N5/c11-8-5(10(12,13)14)2-1-3-6(8)18-19-7(4-15)9(16)17/h1-3,18H,(H3,16,17)/b19-7+. The molecule has 19 heavy (non-hydrogen) atoms. The molecule has 0 aliphatic rings. The highest BCUT2D eigenvalue weighted by atomic mass is 35.5. The monoisotopic (exact) mass is 289 g/mol. The van der Waals surface area contributed by atoms with Gasteiger partial charge in [-0.2, -0.15) is 23.5 Å². The normalized spacial score (nSPS) is 11.8. The molecule has 1 rings (SSSR count). The summed E-state index contributed by atoms with van der Waals surface area (Å²) < 4.78 is 37.7. The minimum absolute atomic E-state index is 0.148. The number of hydrogen-bond acceptors (Lipinski definition) is 4. The zero-order valence-corrected chi connectivity index (χ0v) is 9.97. The summed E-state index contributed by atoms with van der Waals surface area (Å²) in [6.45, 7) is 0. The first-order valence-corrected chi connectivity index (χ1v) is 5.09. The molecular weight excluding hydrogens is 283 g/mol. The van der Waals surface area contributed by atoms with E-state index < -0.39 is 28.3 Å². The highest BCUT2D eigenvalue weighted by Gasteiger charge is 2.33. The lowest BCUT2D eigenvalue weighted by molar-refractivity contribution is -0.137. The molecule has 100 valence electrons. The number of hydrazone groups is 1. The molecule has 0 spiro atoms. The van der Waals surface area contributed by atoms with Crippen LogP contribution in [0, 0.1) is 16.7 Å². The third kappa shape index (κ3) is 3.59. The third-order valence-electron chi connectivity index (χ3n) is 1.95. The van der Waals surface area contributed by atoms with Gasteiger partial charge in [-0.1, -0.05) is 17.7 Å². The zero-order chi connectivity index (χ0) is 14.6. The van der Waals surface area contributed by atoms with Gasteiger partial charge in [-0.15, -0.1) is 0 Å². The van der Waals surface area contributed by atoms with Crippen LogP contribution >= 0.6 is 11.6 Å². The number of nitrogens with one attached hydrogen (secondary N) is 2. The summed E-state index contributed by atoms with van der Waals surface area (Å²) >= 11 is 5.58. The fourth-order valence-electron chi connectivity index (χ4n) is 1.10. The van der Waals surface area contributed by atoms with Crippen molar-refractivity contribution < 1.29 is 13.2 Å². The molecular formula is C10H7ClF3N5. The molecule has 0 saturated carbocycles. The summed E-state index contributed by atoms with van der Waals surface area (Å²) in [6.07, 6.45) is -4.60. The summed E-state index contributed by atoms with van der Waals surface area (Å²) in [5.41, 5.74) is 5.55. The largest absolute Gasteiger partial charge is 0.417 e. The van der Waals surface area contributed by atoms with E-state index in [9.17, 15) is 13.2 Å². The second-order valence-electron chi connectivity index (χ2n) is 3.26. The van der Waals surface area contributed by atoms with Crippen molar-refractivity contribution in [3.63, 3.8) is 0 Å². The summed E-state index contributed by atoms with van der Waals surface area (Å²) in [5.74, 6) is -0.613. The van der Waals surface area contributed by atoms with E-state index in [0.717, 1.165) is 12.1 Å². The van der Waals surface area contributed by atoms with E-state index >= 15 is 0 Å². The lowest BCUT2D eigenvalue weighted by Crippen LogP contribution is -2.22. The fourth-order valence-corrected chi connectivity index (χ4v) is 1.37. The van der Waals surface area contributed by atoms with Crippen molar-refractivity contribution in [1.82, 2.24) is 0 Å². The maximum Gasteiger partial charge on any atom is 0.417 e. The fraction of sp³-hybridized carbons (Fsp3) is 0.100. The van der Waals surface area contributed by atoms with Crippen molar-refractivity contribution in [2.24, 2.45) is 10.8 Å². The highest BCUT2D eigenvalue weighted by molar-refractivity contribution is 6.46. The Morgan fingerprint density at radius 1 is 1.47 bits per heavy atom. The van der Waals surface area contributed by atoms with Crippen LogP contribution in [0.4, 0.5) is 18.9 Å². The van der Waals surface area contributed by atoms with Crippen molar-refractivity contribution in [2.75, 3.05) is 5.43 Å². The van der Waals surface area contributed by atoms with Crippen molar-refractivity contribution in [3.05, 3.63) is 28.8 Å². The Kier molecular flexibility index (Phi) is 4.34. The van der Waals surface area contributed by atoms with E-state index in [1.54, 1.807) is 0 Å². The average Bonchev–Trinajstić information content (AvgIpc) is 2.29. The van der Waals surface area contributed by atoms with Gasteiger partial charge in [0.1, 0.15) is 6.07 Å². The van der Waals surface area contributed by atoms with E-state index in [-0.39, 0.29) is 5.69 Å². The van der Waals surface area contributed by atoms with Crippen molar-refractivity contribution in [3.8, 4) is 6.07 Å². The van der Waals surface area contributed by atoms with Gasteiger partial charge in [-0.05, 0) is 12.1 Å². The van der Waals surface area contributed by atoms with Crippen LogP contribution in [0.3, 0.4) is 0 Å². The molecule has 0 heterocycles. The Morgan fingerprint density at radius 2 is 2.11 bits per heavy atom. The first-order valence-electron chi connectivity index (χ1n) is 4.71. The highest BCUT2D eigenvalue weighted by Crippen LogP contribution is 2.38. The van der Waals surface area contributed by atoms with Crippen LogP contribution in [0.15, 0.2) is 23.3 Å². The topological polar surface area (TPSA) is 98.0 Å². The molecule has 5 nitrogen and oxygen atoms in total. The van der Waals surface area contributed by atoms with Gasteiger partial charge < -0.3 is 5.73 Å². The first-order chi connectivity index (χ1) is 8.77. The van der Waals surface area contributed by atoms with Crippen LogP contribution in [-0.2, 0) is 6.18 Å². The minimum atomic E-state index is -4.60. The van der Waals surface area contributed by atoms with Crippen LogP contribution < -0.4 is 11.2 Å². The number of anilines is 1. The molecule has 0 aromatic heterocycles. The minimum Gasteiger partial charge on any atom is -0.382 e. The number of hydrogen-bond donors (Lipinski definition) is 3. The molecule has 1 aromatic carbocycles. The molecule has 0 amide bonds. The number of benzene rings is 1. The molecule has 0 aliphatic carbocycles. The number of nitrogens with two attached hydrogens (primary N) is 1. The van der Waals surface area contributed by atoms with Crippen LogP contribution in [0.25, 0.3) is 0 Å². The molecule has 0 unspecified atom stereocenters. The third-order valence-corrected chi connectivity index (χ3v) is 2.36. The average molecular weight is 290 g/mol. The predicted octanol–water partition coefficient (Wildman–Crippen LogP) is 2.59. The van der Waals surface area contributed by atoms with Gasteiger partial charge in [0.15, 0.2) is 5.84 Å². The Hall–Kier alpha value is -2.27. The van der Waals surface area contributed by atoms with Gasteiger partial charge >= 0.3 is 6.18 Å². The molecule has 0 radical (unpaired) electrons. The second kappa shape index (κ2) is 5.58.